The van der Waals surface area contributed by atoms with E-state index < -0.39 is 23.9 Å². The van der Waals surface area contributed by atoms with Crippen LogP contribution < -0.4 is 0 Å². The van der Waals surface area contributed by atoms with Gasteiger partial charge in [0.2, 0.25) is 5.91 Å². The quantitative estimate of drug-likeness (QED) is 0.0202. The molecule has 1 aliphatic carbocycles. The van der Waals surface area contributed by atoms with E-state index >= 15 is 0 Å². The standard InChI is InChI=1S/C69H124N2O12/c1-7-13-18-23-27-36-55-77-68(78-56-37-28-24-19-14-8-2)45-34-32-43-65(74)81-59-62(60-82-66(75)44-33-35-46-69(79-57-38-29-25-20-15-9-3)80-58-39-30-26-21-16-10-4)71(52-40-51-70(53-54-72)61-47-48-61)64(73)49-50-67(76)83-63(41-12-6)42-31-22-17-11-5/h13-16,18-21,61-63,68-69,72H,7-12,17,22-60H2,1-6H3/b18-13-,19-14-,20-15-,21-16-. The molecule has 0 heterocycles. The number of carbonyl (C=O) groups excluding carboxylic acids is 4. The Morgan fingerprint density at radius 3 is 1.31 bits per heavy atom. The van der Waals surface area contributed by atoms with E-state index in [1.54, 1.807) is 4.90 Å². The van der Waals surface area contributed by atoms with Gasteiger partial charge in [0.05, 0.1) is 19.1 Å². The average molecular weight is 1170 g/mol. The number of rotatable bonds is 61. The Morgan fingerprint density at radius 1 is 0.446 bits per heavy atom. The molecule has 0 aromatic heterocycles. The van der Waals surface area contributed by atoms with Crippen LogP contribution in [-0.4, -0.2) is 135 Å². The highest BCUT2D eigenvalue weighted by atomic mass is 16.7. The molecule has 1 rings (SSSR count). The molecule has 0 aromatic rings. The first kappa shape index (κ1) is 77.6. The third kappa shape index (κ3) is 47.4. The second-order valence-corrected chi connectivity index (χ2v) is 22.5. The molecule has 1 saturated carbocycles. The summed E-state index contributed by atoms with van der Waals surface area (Å²) >= 11 is 0. The Hall–Kier alpha value is -3.40. The number of aliphatic hydroxyl groups excluding tert-OH is 1. The lowest BCUT2D eigenvalue weighted by molar-refractivity contribution is -0.156. The van der Waals surface area contributed by atoms with Gasteiger partial charge in [-0.05, 0) is 180 Å². The number of aliphatic hydroxyl groups is 1. The summed E-state index contributed by atoms with van der Waals surface area (Å²) in [6.07, 6.45) is 46.7. The fourth-order valence-corrected chi connectivity index (χ4v) is 9.78. The van der Waals surface area contributed by atoms with Crippen molar-refractivity contribution in [2.45, 2.75) is 303 Å². The lowest BCUT2D eigenvalue weighted by Gasteiger charge is -2.32. The fraction of sp³-hybridized carbons (Fsp3) is 0.826. The summed E-state index contributed by atoms with van der Waals surface area (Å²) < 4.78 is 42.8. The molecule has 1 amide bonds. The number of amides is 1. The van der Waals surface area contributed by atoms with Crippen molar-refractivity contribution in [1.82, 2.24) is 9.80 Å². The summed E-state index contributed by atoms with van der Waals surface area (Å²) in [6, 6.07) is -0.377. The maximum Gasteiger partial charge on any atom is 0.306 e. The van der Waals surface area contributed by atoms with Crippen LogP contribution >= 0.6 is 0 Å². The van der Waals surface area contributed by atoms with E-state index in [1.807, 2.05) is 0 Å². The van der Waals surface area contributed by atoms with Crippen LogP contribution in [0.15, 0.2) is 48.6 Å². The van der Waals surface area contributed by atoms with Crippen LogP contribution in [0.2, 0.25) is 0 Å². The molecule has 482 valence electrons. The first-order chi connectivity index (χ1) is 40.6. The highest BCUT2D eigenvalue weighted by Gasteiger charge is 2.31. The molecular weight excluding hydrogens is 1050 g/mol. The molecule has 14 heteroatoms. The van der Waals surface area contributed by atoms with Crippen molar-refractivity contribution >= 4 is 23.8 Å². The molecule has 0 aromatic carbocycles. The Morgan fingerprint density at radius 2 is 0.904 bits per heavy atom. The number of unbranched alkanes of at least 4 members (excludes halogenated alkanes) is 13. The van der Waals surface area contributed by atoms with Crippen LogP contribution in [0.1, 0.15) is 273 Å². The summed E-state index contributed by atoms with van der Waals surface area (Å²) in [5, 5.41) is 9.86. The Kier molecular flexibility index (Phi) is 53.9. The van der Waals surface area contributed by atoms with Gasteiger partial charge in [-0.15, -0.1) is 0 Å². The zero-order chi connectivity index (χ0) is 60.5. The van der Waals surface area contributed by atoms with E-state index in [9.17, 15) is 24.3 Å². The first-order valence-electron chi connectivity index (χ1n) is 33.9. The van der Waals surface area contributed by atoms with Gasteiger partial charge in [-0.2, -0.15) is 0 Å². The van der Waals surface area contributed by atoms with Crippen molar-refractivity contribution in [3.05, 3.63) is 48.6 Å². The SMILES string of the molecule is CC/C=C\CCCCOC(CCCCC(=O)OCC(COC(=O)CCCCC(OCCCC/C=C\CC)OCCCC/C=C\CC)N(CCCN(CCO)C1CC1)C(=O)CCC(=O)OC(CCC)CCCCCC)OCCCC/C=C\CC. The molecule has 1 aliphatic rings. The molecule has 0 spiro atoms. The summed E-state index contributed by atoms with van der Waals surface area (Å²) in [6.45, 7) is 16.5. The van der Waals surface area contributed by atoms with Gasteiger partial charge in [0.1, 0.15) is 19.3 Å². The maximum absolute atomic E-state index is 14.5. The number of allylic oxidation sites excluding steroid dienone is 8. The smallest absolute Gasteiger partial charge is 0.306 e. The van der Waals surface area contributed by atoms with E-state index in [0.29, 0.717) is 90.5 Å². The minimum Gasteiger partial charge on any atom is -0.463 e. The van der Waals surface area contributed by atoms with Crippen molar-refractivity contribution < 1.29 is 57.4 Å². The van der Waals surface area contributed by atoms with Crippen LogP contribution in [0.4, 0.5) is 0 Å². The monoisotopic (exact) mass is 1170 g/mol. The third-order valence-corrected chi connectivity index (χ3v) is 14.8. The minimum absolute atomic E-state index is 0.0393. The molecule has 14 nitrogen and oxygen atoms in total. The zero-order valence-corrected chi connectivity index (χ0v) is 53.9. The highest BCUT2D eigenvalue weighted by molar-refractivity contribution is 5.82. The van der Waals surface area contributed by atoms with Crippen LogP contribution in [0, 0.1) is 0 Å². The fourth-order valence-electron chi connectivity index (χ4n) is 9.78. The van der Waals surface area contributed by atoms with Crippen LogP contribution in [0.25, 0.3) is 0 Å². The Labute approximate surface area is 507 Å². The predicted molar refractivity (Wildman–Crippen MR) is 338 cm³/mol. The topological polar surface area (TPSA) is 160 Å². The molecule has 1 fully saturated rings. The molecule has 0 bridgehead atoms. The summed E-state index contributed by atoms with van der Waals surface area (Å²) in [7, 11) is 0. The van der Waals surface area contributed by atoms with Gasteiger partial charge in [0.25, 0.3) is 0 Å². The van der Waals surface area contributed by atoms with Gasteiger partial charge in [0, 0.05) is 71.4 Å². The largest absolute Gasteiger partial charge is 0.463 e. The van der Waals surface area contributed by atoms with Gasteiger partial charge in [-0.3, -0.25) is 24.1 Å². The number of nitrogens with zero attached hydrogens (tertiary/aromatic N) is 2. The lowest BCUT2D eigenvalue weighted by atomic mass is 10.1. The third-order valence-electron chi connectivity index (χ3n) is 14.8. The second-order valence-electron chi connectivity index (χ2n) is 22.5. The molecule has 83 heavy (non-hydrogen) atoms. The van der Waals surface area contributed by atoms with E-state index in [2.05, 4.69) is 95.1 Å². The van der Waals surface area contributed by atoms with Gasteiger partial charge < -0.3 is 43.2 Å². The molecular formula is C69H124N2O12. The van der Waals surface area contributed by atoms with Crippen molar-refractivity contribution in [2.75, 3.05) is 65.9 Å². The molecule has 0 aliphatic heterocycles. The predicted octanol–water partition coefficient (Wildman–Crippen LogP) is 16.0. The lowest BCUT2D eigenvalue weighted by Crippen LogP contribution is -2.47. The van der Waals surface area contributed by atoms with Crippen molar-refractivity contribution in [3.8, 4) is 0 Å². The van der Waals surface area contributed by atoms with Gasteiger partial charge in [-0.1, -0.05) is 116 Å². The molecule has 1 N–H and O–H groups in total. The van der Waals surface area contributed by atoms with Crippen LogP contribution in [0.3, 0.4) is 0 Å². The van der Waals surface area contributed by atoms with E-state index in [-0.39, 0.29) is 76.6 Å². The molecule has 0 saturated heterocycles. The number of hydrogen-bond acceptors (Lipinski definition) is 13. The highest BCUT2D eigenvalue weighted by Crippen LogP contribution is 2.27. The maximum atomic E-state index is 14.5. The molecule has 0 radical (unpaired) electrons. The van der Waals surface area contributed by atoms with E-state index in [4.69, 9.17) is 33.2 Å². The normalized spacial score (nSPS) is 13.4. The Bertz CT molecular complexity index is 1530. The van der Waals surface area contributed by atoms with Gasteiger partial charge in [0.15, 0.2) is 12.6 Å². The Balaban J connectivity index is 3.20. The second kappa shape index (κ2) is 57.7. The molecule has 1 unspecified atom stereocenters. The van der Waals surface area contributed by atoms with Crippen LogP contribution in [0.5, 0.6) is 0 Å². The van der Waals surface area contributed by atoms with Crippen molar-refractivity contribution in [1.29, 1.82) is 0 Å². The van der Waals surface area contributed by atoms with Crippen molar-refractivity contribution in [2.24, 2.45) is 0 Å². The summed E-state index contributed by atoms with van der Waals surface area (Å²) in [5.74, 6) is -1.50. The summed E-state index contributed by atoms with van der Waals surface area (Å²) in [5.41, 5.74) is 0. The first-order valence-corrected chi connectivity index (χ1v) is 33.9. The number of hydrogen-bond donors (Lipinski definition) is 1. The van der Waals surface area contributed by atoms with Crippen LogP contribution in [-0.2, 0) is 52.3 Å². The van der Waals surface area contributed by atoms with Gasteiger partial charge in [-0.25, -0.2) is 0 Å². The zero-order valence-electron chi connectivity index (χ0n) is 53.9. The number of ether oxygens (including phenoxy) is 7. The minimum atomic E-state index is -0.785. The number of carbonyl (C=O) groups is 4. The molecule has 1 atom stereocenters. The number of esters is 3. The average Bonchev–Trinajstić information content (AvgIpc) is 4.38. The summed E-state index contributed by atoms with van der Waals surface area (Å²) in [4.78, 5) is 58.9. The van der Waals surface area contributed by atoms with Crippen molar-refractivity contribution in [3.63, 3.8) is 0 Å². The van der Waals surface area contributed by atoms with Gasteiger partial charge >= 0.3 is 17.9 Å². The van der Waals surface area contributed by atoms with E-state index in [0.717, 1.165) is 161 Å². The van der Waals surface area contributed by atoms with E-state index in [1.165, 1.54) is 0 Å².